The number of anilines is 1. The topological polar surface area (TPSA) is 99.5 Å². The van der Waals surface area contributed by atoms with E-state index in [-0.39, 0.29) is 24.7 Å². The second kappa shape index (κ2) is 9.51. The number of hydrogen-bond acceptors (Lipinski definition) is 6. The summed E-state index contributed by atoms with van der Waals surface area (Å²) in [4.78, 5) is 41.9. The summed E-state index contributed by atoms with van der Waals surface area (Å²) >= 11 is 0. The maximum atomic E-state index is 13.1. The van der Waals surface area contributed by atoms with Gasteiger partial charge in [-0.05, 0) is 36.8 Å². The molecule has 8 nitrogen and oxygen atoms in total. The van der Waals surface area contributed by atoms with Crippen LogP contribution >= 0.6 is 0 Å². The van der Waals surface area contributed by atoms with Crippen molar-refractivity contribution in [2.24, 2.45) is 0 Å². The van der Waals surface area contributed by atoms with Gasteiger partial charge in [-0.3, -0.25) is 14.2 Å². The molecule has 3 aromatic rings. The van der Waals surface area contributed by atoms with E-state index < -0.39 is 17.4 Å². The van der Waals surface area contributed by atoms with Crippen LogP contribution in [0.2, 0.25) is 0 Å². The van der Waals surface area contributed by atoms with E-state index in [1.165, 1.54) is 10.8 Å². The molecule has 1 N–H and O–H groups in total. The van der Waals surface area contributed by atoms with Crippen LogP contribution < -0.4 is 15.6 Å². The lowest BCUT2D eigenvalue weighted by molar-refractivity contribution is 0.0504. The van der Waals surface area contributed by atoms with Crippen molar-refractivity contribution in [2.45, 2.75) is 13.5 Å². The molecule has 30 heavy (non-hydrogen) atoms. The fourth-order valence-electron chi connectivity index (χ4n) is 2.78. The van der Waals surface area contributed by atoms with Crippen LogP contribution in [0.1, 0.15) is 33.5 Å². The third-order valence-electron chi connectivity index (χ3n) is 4.29. The standard InChI is InChI=1S/C22H21N3O5/c1-3-30-22(28)19-23-13-18(24-20(26)16-7-5-4-6-8-16)21(27)25(19)14-15-9-11-17(29-2)12-10-15/h4-13H,3,14H2,1-2H3,(H,24,26). The number of rotatable bonds is 7. The van der Waals surface area contributed by atoms with Crippen molar-refractivity contribution in [1.82, 2.24) is 9.55 Å². The van der Waals surface area contributed by atoms with Gasteiger partial charge in [0.05, 0.1) is 26.5 Å². The first-order chi connectivity index (χ1) is 14.5. The number of ether oxygens (including phenoxy) is 2. The van der Waals surface area contributed by atoms with E-state index in [0.29, 0.717) is 11.3 Å². The van der Waals surface area contributed by atoms with Crippen molar-refractivity contribution in [2.75, 3.05) is 19.0 Å². The fourth-order valence-corrected chi connectivity index (χ4v) is 2.78. The molecule has 8 heteroatoms. The van der Waals surface area contributed by atoms with Crippen LogP contribution in [0, 0.1) is 0 Å². The van der Waals surface area contributed by atoms with Gasteiger partial charge in [-0.1, -0.05) is 30.3 Å². The summed E-state index contributed by atoms with van der Waals surface area (Å²) in [6, 6.07) is 15.5. The van der Waals surface area contributed by atoms with Gasteiger partial charge < -0.3 is 14.8 Å². The highest BCUT2D eigenvalue weighted by molar-refractivity contribution is 6.04. The minimum atomic E-state index is -0.718. The van der Waals surface area contributed by atoms with E-state index in [4.69, 9.17) is 9.47 Å². The number of carbonyl (C=O) groups excluding carboxylic acids is 2. The molecule has 1 heterocycles. The van der Waals surface area contributed by atoms with Gasteiger partial charge in [-0.2, -0.15) is 0 Å². The lowest BCUT2D eigenvalue weighted by Crippen LogP contribution is -2.32. The highest BCUT2D eigenvalue weighted by atomic mass is 16.5. The van der Waals surface area contributed by atoms with Gasteiger partial charge in [0.2, 0.25) is 5.82 Å². The van der Waals surface area contributed by atoms with Gasteiger partial charge in [-0.25, -0.2) is 9.78 Å². The van der Waals surface area contributed by atoms with Crippen LogP contribution in [-0.2, 0) is 11.3 Å². The Hall–Kier alpha value is -3.94. The SMILES string of the molecule is CCOC(=O)c1ncc(NC(=O)c2ccccc2)c(=O)n1Cc1ccc(OC)cc1. The number of nitrogens with one attached hydrogen (secondary N) is 1. The molecule has 0 aliphatic carbocycles. The average Bonchev–Trinajstić information content (AvgIpc) is 2.77. The molecule has 0 aliphatic rings. The molecule has 1 aromatic heterocycles. The van der Waals surface area contributed by atoms with Gasteiger partial charge in [0.25, 0.3) is 11.5 Å². The molecule has 0 unspecified atom stereocenters. The highest BCUT2D eigenvalue weighted by Crippen LogP contribution is 2.13. The number of esters is 1. The maximum Gasteiger partial charge on any atom is 0.374 e. The summed E-state index contributed by atoms with van der Waals surface area (Å²) in [6.07, 6.45) is 1.17. The van der Waals surface area contributed by atoms with Crippen LogP contribution in [-0.4, -0.2) is 35.1 Å². The molecule has 0 atom stereocenters. The van der Waals surface area contributed by atoms with Crippen molar-refractivity contribution in [3.8, 4) is 5.75 Å². The predicted molar refractivity (Wildman–Crippen MR) is 111 cm³/mol. The third-order valence-corrected chi connectivity index (χ3v) is 4.29. The minimum Gasteiger partial charge on any atom is -0.497 e. The van der Waals surface area contributed by atoms with Crippen molar-refractivity contribution in [3.63, 3.8) is 0 Å². The summed E-state index contributed by atoms with van der Waals surface area (Å²) < 4.78 is 11.3. The van der Waals surface area contributed by atoms with Gasteiger partial charge in [0.1, 0.15) is 11.4 Å². The molecule has 0 fully saturated rings. The Bertz CT molecular complexity index is 1090. The second-order valence-electron chi connectivity index (χ2n) is 6.28. The Balaban J connectivity index is 1.97. The Morgan fingerprint density at radius 1 is 1.07 bits per heavy atom. The number of aromatic nitrogens is 2. The zero-order valence-electron chi connectivity index (χ0n) is 16.6. The summed E-state index contributed by atoms with van der Waals surface area (Å²) in [5.74, 6) is -0.646. The lowest BCUT2D eigenvalue weighted by atomic mass is 10.2. The van der Waals surface area contributed by atoms with Crippen molar-refractivity contribution in [3.05, 3.63) is 88.1 Å². The molecule has 0 bridgehead atoms. The third kappa shape index (κ3) is 4.72. The number of benzene rings is 2. The molecule has 154 valence electrons. The minimum absolute atomic E-state index is 0.0367. The zero-order valence-corrected chi connectivity index (χ0v) is 16.6. The van der Waals surface area contributed by atoms with Crippen molar-refractivity contribution >= 4 is 17.6 Å². The maximum absolute atomic E-state index is 13.1. The molecular formula is C22H21N3O5. The van der Waals surface area contributed by atoms with Crippen LogP contribution in [0.25, 0.3) is 0 Å². The largest absolute Gasteiger partial charge is 0.497 e. The smallest absolute Gasteiger partial charge is 0.374 e. The molecule has 0 saturated carbocycles. The summed E-state index contributed by atoms with van der Waals surface area (Å²) in [7, 11) is 1.56. The van der Waals surface area contributed by atoms with E-state index in [0.717, 1.165) is 5.56 Å². The Morgan fingerprint density at radius 2 is 1.77 bits per heavy atom. The number of hydrogen-bond donors (Lipinski definition) is 1. The van der Waals surface area contributed by atoms with Crippen LogP contribution in [0.3, 0.4) is 0 Å². The molecule has 0 saturated heterocycles. The first-order valence-corrected chi connectivity index (χ1v) is 9.29. The second-order valence-corrected chi connectivity index (χ2v) is 6.28. The molecule has 1 amide bonds. The van der Waals surface area contributed by atoms with E-state index in [2.05, 4.69) is 10.3 Å². The number of carbonyl (C=O) groups is 2. The van der Waals surface area contributed by atoms with E-state index in [1.54, 1.807) is 68.6 Å². The highest BCUT2D eigenvalue weighted by Gasteiger charge is 2.19. The van der Waals surface area contributed by atoms with Crippen LogP contribution in [0.5, 0.6) is 5.75 Å². The molecule has 3 rings (SSSR count). The molecule has 2 aromatic carbocycles. The average molecular weight is 407 g/mol. The van der Waals surface area contributed by atoms with E-state index in [9.17, 15) is 14.4 Å². The molecule has 0 spiro atoms. The van der Waals surface area contributed by atoms with Crippen molar-refractivity contribution in [1.29, 1.82) is 0 Å². The Kier molecular flexibility index (Phi) is 6.59. The number of methoxy groups -OCH3 is 1. The first-order valence-electron chi connectivity index (χ1n) is 9.29. The van der Waals surface area contributed by atoms with Crippen molar-refractivity contribution < 1.29 is 19.1 Å². The van der Waals surface area contributed by atoms with Gasteiger partial charge in [-0.15, -0.1) is 0 Å². The van der Waals surface area contributed by atoms with Gasteiger partial charge in [0.15, 0.2) is 0 Å². The Labute approximate surface area is 173 Å². The normalized spacial score (nSPS) is 10.3. The first kappa shape index (κ1) is 20.8. The fraction of sp³-hybridized carbons (Fsp3) is 0.182. The zero-order chi connectivity index (χ0) is 21.5. The van der Waals surface area contributed by atoms with Crippen LogP contribution in [0.15, 0.2) is 65.6 Å². The Morgan fingerprint density at radius 3 is 2.40 bits per heavy atom. The number of amides is 1. The van der Waals surface area contributed by atoms with E-state index in [1.807, 2.05) is 0 Å². The monoisotopic (exact) mass is 407 g/mol. The lowest BCUT2D eigenvalue weighted by Gasteiger charge is -2.14. The molecular weight excluding hydrogens is 386 g/mol. The number of nitrogens with zero attached hydrogens (tertiary/aromatic N) is 2. The summed E-state index contributed by atoms with van der Waals surface area (Å²) in [5, 5.41) is 2.56. The van der Waals surface area contributed by atoms with E-state index >= 15 is 0 Å². The summed E-state index contributed by atoms with van der Waals surface area (Å²) in [5.41, 5.74) is 0.545. The molecule has 0 radical (unpaired) electrons. The van der Waals surface area contributed by atoms with Gasteiger partial charge >= 0.3 is 5.97 Å². The quantitative estimate of drug-likeness (QED) is 0.605. The molecule has 0 aliphatic heterocycles. The van der Waals surface area contributed by atoms with Gasteiger partial charge in [0, 0.05) is 5.56 Å². The summed E-state index contributed by atoms with van der Waals surface area (Å²) in [6.45, 7) is 1.88. The van der Waals surface area contributed by atoms with Crippen LogP contribution in [0.4, 0.5) is 5.69 Å². The predicted octanol–water partition coefficient (Wildman–Crippen LogP) is 2.73.